The monoisotopic (exact) mass is 1070 g/mol. The molecule has 4 aliphatic rings. The van der Waals surface area contributed by atoms with Crippen molar-refractivity contribution in [2.75, 3.05) is 40.1 Å². The minimum absolute atomic E-state index is 0.109. The molecule has 20 unspecified atom stereocenters. The van der Waals surface area contributed by atoms with Crippen molar-refractivity contribution in [3.63, 3.8) is 0 Å². The summed E-state index contributed by atoms with van der Waals surface area (Å²) in [7, 11) is 1.36. The number of hydrogen-bond acceptors (Lipinski definition) is 21. The zero-order valence-electron chi connectivity index (χ0n) is 43.4. The first kappa shape index (κ1) is 62.1. The summed E-state index contributed by atoms with van der Waals surface area (Å²) < 4.78 is 47.6. The molecule has 0 aliphatic carbocycles. The number of unbranched alkanes of at least 4 members (excludes halogenated alkanes) is 8. The molecule has 25 heteroatoms. The number of aliphatic hydroxyl groups is 9. The average Bonchev–Trinajstić information content (AvgIpc) is 3.37. The number of ether oxygens (including phenoxy) is 8. The van der Waals surface area contributed by atoms with E-state index in [2.05, 4.69) is 28.2 Å². The highest BCUT2D eigenvalue weighted by atomic mass is 16.7. The summed E-state index contributed by atoms with van der Waals surface area (Å²) in [4.78, 5) is 51.2. The van der Waals surface area contributed by atoms with Crippen molar-refractivity contribution in [1.29, 1.82) is 0 Å². The van der Waals surface area contributed by atoms with Crippen molar-refractivity contribution in [3.05, 3.63) is 29.8 Å². The Morgan fingerprint density at radius 3 is 1.65 bits per heavy atom. The van der Waals surface area contributed by atoms with Gasteiger partial charge in [-0.25, -0.2) is 0 Å². The number of carbonyl (C=O) groups is 4. The summed E-state index contributed by atoms with van der Waals surface area (Å²) in [5.41, 5.74) is 0.109. The SMILES string of the molecule is CCCCCCCCCCCOc1cccc(C(=O)NC2C(OC3C(CO)OC(OC4C(CO)OC(CC5C(COC)OC(O)C(NC(C)=O)C5O)C(NC(C)=O)C4O)C(NC(C)=O)C3O)OC(CO)C(O)C2O)c1. The van der Waals surface area contributed by atoms with E-state index < -0.39 is 166 Å². The van der Waals surface area contributed by atoms with Gasteiger partial charge in [0.05, 0.1) is 57.4 Å². The number of amides is 4. The maximum absolute atomic E-state index is 13.8. The zero-order chi connectivity index (χ0) is 54.9. The molecule has 0 spiro atoms. The Bertz CT molecular complexity index is 1930. The second kappa shape index (κ2) is 30.4. The van der Waals surface area contributed by atoms with E-state index in [-0.39, 0.29) is 18.6 Å². The molecule has 428 valence electrons. The van der Waals surface area contributed by atoms with Crippen LogP contribution in [0.3, 0.4) is 0 Å². The highest BCUT2D eigenvalue weighted by Gasteiger charge is 2.56. The number of hydrogen-bond donors (Lipinski definition) is 13. The van der Waals surface area contributed by atoms with Gasteiger partial charge in [0.25, 0.3) is 5.91 Å². The average molecular weight is 1080 g/mol. The predicted octanol–water partition coefficient (Wildman–Crippen LogP) is -2.65. The van der Waals surface area contributed by atoms with Gasteiger partial charge in [0, 0.05) is 39.4 Å². The van der Waals surface area contributed by atoms with Crippen LogP contribution in [0.1, 0.15) is 102 Å². The Kier molecular flexibility index (Phi) is 25.2. The van der Waals surface area contributed by atoms with Crippen LogP contribution < -0.4 is 26.0 Å². The molecule has 0 bridgehead atoms. The Hall–Kier alpha value is -3.74. The third kappa shape index (κ3) is 16.9. The third-order valence-corrected chi connectivity index (χ3v) is 14.1. The molecule has 4 aliphatic heterocycles. The molecule has 0 aromatic heterocycles. The maximum atomic E-state index is 13.8. The summed E-state index contributed by atoms with van der Waals surface area (Å²) >= 11 is 0. The number of benzene rings is 1. The lowest BCUT2D eigenvalue weighted by Gasteiger charge is -2.51. The van der Waals surface area contributed by atoms with E-state index in [0.717, 1.165) is 39.5 Å². The predicted molar refractivity (Wildman–Crippen MR) is 261 cm³/mol. The van der Waals surface area contributed by atoms with E-state index in [1.165, 1.54) is 58.3 Å². The molecule has 20 atom stereocenters. The van der Waals surface area contributed by atoms with Gasteiger partial charge in [0.2, 0.25) is 17.7 Å². The standard InChI is InChI=1S/C50H82N4O21/c1-6-7-8-9-10-11-12-13-14-18-69-29-17-15-16-28(19-29)47(66)54-38-42(63)41(62)32(21-55)72-49(38)75-46-34(23-57)73-50(39(44(46)65)53-27(4)60)74-45-33(22-56)70-31(36(43(45)64)51-25(2)58)20-30-35(24-68-5)71-48(67)37(40(30)61)52-26(3)59/h15-17,19,30-46,48-50,55-57,61-65,67H,6-14,18,20-24H2,1-5H3,(H,51,58)(H,52,59)(H,53,60)(H,54,66). The quantitative estimate of drug-likeness (QED) is 0.0400. The minimum Gasteiger partial charge on any atom is -0.494 e. The molecule has 4 saturated heterocycles. The Morgan fingerprint density at radius 2 is 1.08 bits per heavy atom. The van der Waals surface area contributed by atoms with Gasteiger partial charge in [-0.15, -0.1) is 0 Å². The van der Waals surface area contributed by atoms with Crippen LogP contribution in [0, 0.1) is 5.92 Å². The topological polar surface area (TPSA) is 372 Å². The third-order valence-electron chi connectivity index (χ3n) is 14.1. The number of rotatable bonds is 27. The molecular weight excluding hydrogens is 993 g/mol. The molecule has 25 nitrogen and oxygen atoms in total. The zero-order valence-corrected chi connectivity index (χ0v) is 43.4. The van der Waals surface area contributed by atoms with Crippen LogP contribution in [0.2, 0.25) is 0 Å². The normalized spacial score (nSPS) is 36.0. The fourth-order valence-corrected chi connectivity index (χ4v) is 10.2. The molecular formula is C50H82N4O21. The fourth-order valence-electron chi connectivity index (χ4n) is 10.2. The van der Waals surface area contributed by atoms with Gasteiger partial charge < -0.3 is 105 Å². The van der Waals surface area contributed by atoms with Crippen LogP contribution >= 0.6 is 0 Å². The van der Waals surface area contributed by atoms with Gasteiger partial charge in [-0.3, -0.25) is 19.2 Å². The summed E-state index contributed by atoms with van der Waals surface area (Å²) in [6, 6.07) is 0.438. The second-order valence-corrected chi connectivity index (χ2v) is 19.8. The molecule has 4 amide bonds. The number of carbonyl (C=O) groups excluding carboxylic acids is 4. The van der Waals surface area contributed by atoms with Gasteiger partial charge in [-0.05, 0) is 31.0 Å². The summed E-state index contributed by atoms with van der Waals surface area (Å²) in [5, 5.41) is 110. The summed E-state index contributed by atoms with van der Waals surface area (Å²) in [6.07, 6.45) is -13.9. The van der Waals surface area contributed by atoms with Gasteiger partial charge in [-0.1, -0.05) is 64.4 Å². The number of nitrogens with one attached hydrogen (secondary N) is 4. The highest BCUT2D eigenvalue weighted by molar-refractivity contribution is 5.94. The highest BCUT2D eigenvalue weighted by Crippen LogP contribution is 2.37. The first-order valence-electron chi connectivity index (χ1n) is 26.0. The van der Waals surface area contributed by atoms with Gasteiger partial charge in [0.1, 0.15) is 78.8 Å². The summed E-state index contributed by atoms with van der Waals surface area (Å²) in [6.45, 7) is 3.36. The van der Waals surface area contributed by atoms with Crippen molar-refractivity contribution >= 4 is 23.6 Å². The van der Waals surface area contributed by atoms with Gasteiger partial charge in [0.15, 0.2) is 18.9 Å². The van der Waals surface area contributed by atoms with Crippen LogP contribution in [-0.2, 0) is 47.5 Å². The number of aliphatic hydroxyl groups excluding tert-OH is 9. The maximum Gasteiger partial charge on any atom is 0.251 e. The first-order valence-corrected chi connectivity index (χ1v) is 26.0. The van der Waals surface area contributed by atoms with E-state index in [4.69, 9.17) is 37.9 Å². The Labute approximate surface area is 436 Å². The lowest BCUT2D eigenvalue weighted by Crippen LogP contribution is -2.71. The smallest absolute Gasteiger partial charge is 0.251 e. The molecule has 4 heterocycles. The van der Waals surface area contributed by atoms with E-state index in [9.17, 15) is 65.1 Å². The first-order chi connectivity index (χ1) is 35.9. The lowest BCUT2D eigenvalue weighted by molar-refractivity contribution is -0.347. The molecule has 1 aromatic rings. The summed E-state index contributed by atoms with van der Waals surface area (Å²) in [5.74, 6) is -3.25. The van der Waals surface area contributed by atoms with Crippen LogP contribution in [0.25, 0.3) is 0 Å². The molecule has 1 aromatic carbocycles. The van der Waals surface area contributed by atoms with Crippen LogP contribution in [-0.4, -0.2) is 226 Å². The van der Waals surface area contributed by atoms with E-state index >= 15 is 0 Å². The van der Waals surface area contributed by atoms with E-state index in [1.54, 1.807) is 12.1 Å². The number of methoxy groups -OCH3 is 1. The van der Waals surface area contributed by atoms with Gasteiger partial charge in [-0.2, -0.15) is 0 Å². The fraction of sp³-hybridized carbons (Fsp3) is 0.800. The largest absolute Gasteiger partial charge is 0.494 e. The molecule has 0 radical (unpaired) electrons. The Balaban J connectivity index is 1.32. The lowest BCUT2D eigenvalue weighted by atomic mass is 9.80. The Morgan fingerprint density at radius 1 is 0.560 bits per heavy atom. The molecule has 75 heavy (non-hydrogen) atoms. The van der Waals surface area contributed by atoms with E-state index in [0.29, 0.717) is 12.4 Å². The molecule has 13 N–H and O–H groups in total. The van der Waals surface area contributed by atoms with Crippen LogP contribution in [0.4, 0.5) is 0 Å². The second-order valence-electron chi connectivity index (χ2n) is 19.8. The van der Waals surface area contributed by atoms with Crippen LogP contribution in [0.5, 0.6) is 5.75 Å². The van der Waals surface area contributed by atoms with Crippen molar-refractivity contribution < 1.29 is 103 Å². The molecule has 5 rings (SSSR count). The van der Waals surface area contributed by atoms with Crippen molar-refractivity contribution in [3.8, 4) is 5.75 Å². The molecule has 0 saturated carbocycles. The van der Waals surface area contributed by atoms with Crippen LogP contribution in [0.15, 0.2) is 24.3 Å². The van der Waals surface area contributed by atoms with Gasteiger partial charge >= 0.3 is 0 Å². The van der Waals surface area contributed by atoms with Crippen molar-refractivity contribution in [2.45, 2.75) is 208 Å². The molecule has 4 fully saturated rings. The minimum atomic E-state index is -1.90. The van der Waals surface area contributed by atoms with Crippen molar-refractivity contribution in [1.82, 2.24) is 21.3 Å². The van der Waals surface area contributed by atoms with E-state index in [1.807, 2.05) is 0 Å². The van der Waals surface area contributed by atoms with Crippen molar-refractivity contribution in [2.24, 2.45) is 5.92 Å².